The summed E-state index contributed by atoms with van der Waals surface area (Å²) in [7, 11) is 1.67. The molecule has 0 radical (unpaired) electrons. The Bertz CT molecular complexity index is 306. The maximum absolute atomic E-state index is 11.4. The maximum Gasteiger partial charge on any atom is 0.409 e. The van der Waals surface area contributed by atoms with Gasteiger partial charge in [-0.1, -0.05) is 30.3 Å². The SMILES string of the molecule is CN(CCN)C(=O)OCc1ccccc1.Cl. The van der Waals surface area contributed by atoms with Crippen molar-refractivity contribution in [2.24, 2.45) is 5.73 Å². The summed E-state index contributed by atoms with van der Waals surface area (Å²) >= 11 is 0. The van der Waals surface area contributed by atoms with Gasteiger partial charge < -0.3 is 15.4 Å². The van der Waals surface area contributed by atoms with Crippen LogP contribution in [0.4, 0.5) is 4.79 Å². The lowest BCUT2D eigenvalue weighted by Crippen LogP contribution is -2.32. The van der Waals surface area contributed by atoms with Crippen molar-refractivity contribution < 1.29 is 9.53 Å². The van der Waals surface area contributed by atoms with Crippen LogP contribution in [0.15, 0.2) is 30.3 Å². The summed E-state index contributed by atoms with van der Waals surface area (Å²) in [6.45, 7) is 1.25. The molecule has 0 aliphatic heterocycles. The molecule has 16 heavy (non-hydrogen) atoms. The summed E-state index contributed by atoms with van der Waals surface area (Å²) in [4.78, 5) is 12.8. The lowest BCUT2D eigenvalue weighted by atomic mass is 10.2. The van der Waals surface area contributed by atoms with Gasteiger partial charge in [0.25, 0.3) is 0 Å². The third-order valence-corrected chi connectivity index (χ3v) is 1.98. The minimum absolute atomic E-state index is 0. The van der Waals surface area contributed by atoms with Crippen molar-refractivity contribution in [3.8, 4) is 0 Å². The van der Waals surface area contributed by atoms with Gasteiger partial charge in [-0.25, -0.2) is 4.79 Å². The molecular formula is C11H17ClN2O2. The topological polar surface area (TPSA) is 55.6 Å². The van der Waals surface area contributed by atoms with Gasteiger partial charge in [-0.05, 0) is 5.56 Å². The molecule has 0 saturated carbocycles. The van der Waals surface area contributed by atoms with Crippen molar-refractivity contribution >= 4 is 18.5 Å². The summed E-state index contributed by atoms with van der Waals surface area (Å²) in [6, 6.07) is 9.57. The molecule has 0 bridgehead atoms. The summed E-state index contributed by atoms with van der Waals surface area (Å²) < 4.78 is 5.07. The van der Waals surface area contributed by atoms with Gasteiger partial charge in [0.1, 0.15) is 6.61 Å². The molecule has 4 nitrogen and oxygen atoms in total. The molecule has 1 aromatic rings. The molecule has 0 saturated heterocycles. The Morgan fingerprint density at radius 3 is 2.56 bits per heavy atom. The number of nitrogens with two attached hydrogens (primary N) is 1. The van der Waals surface area contributed by atoms with Gasteiger partial charge in [0.2, 0.25) is 0 Å². The second kappa shape index (κ2) is 7.96. The van der Waals surface area contributed by atoms with Gasteiger partial charge >= 0.3 is 6.09 Å². The number of carbonyl (C=O) groups is 1. The first-order chi connectivity index (χ1) is 7.24. The average molecular weight is 245 g/mol. The number of amides is 1. The van der Waals surface area contributed by atoms with Crippen LogP contribution in [0, 0.1) is 0 Å². The molecule has 1 amide bonds. The Morgan fingerprint density at radius 1 is 1.38 bits per heavy atom. The molecule has 0 atom stereocenters. The average Bonchev–Trinajstić information content (AvgIpc) is 2.27. The van der Waals surface area contributed by atoms with Crippen LogP contribution in [0.3, 0.4) is 0 Å². The lowest BCUT2D eigenvalue weighted by molar-refractivity contribution is 0.106. The number of carbonyl (C=O) groups excluding carboxylic acids is 1. The third kappa shape index (κ3) is 5.00. The largest absolute Gasteiger partial charge is 0.445 e. The summed E-state index contributed by atoms with van der Waals surface area (Å²) in [5.41, 5.74) is 6.30. The minimum atomic E-state index is -0.343. The van der Waals surface area contributed by atoms with Crippen LogP contribution in [-0.2, 0) is 11.3 Å². The van der Waals surface area contributed by atoms with Crippen molar-refractivity contribution in [2.45, 2.75) is 6.61 Å². The van der Waals surface area contributed by atoms with Gasteiger partial charge in [0, 0.05) is 20.1 Å². The number of halogens is 1. The zero-order valence-corrected chi connectivity index (χ0v) is 10.1. The highest BCUT2D eigenvalue weighted by atomic mass is 35.5. The van der Waals surface area contributed by atoms with Crippen LogP contribution < -0.4 is 5.73 Å². The zero-order valence-electron chi connectivity index (χ0n) is 9.26. The third-order valence-electron chi connectivity index (χ3n) is 1.98. The summed E-state index contributed by atoms with van der Waals surface area (Å²) in [5.74, 6) is 0. The van der Waals surface area contributed by atoms with Crippen molar-refractivity contribution in [3.63, 3.8) is 0 Å². The first-order valence-corrected chi connectivity index (χ1v) is 4.86. The fourth-order valence-corrected chi connectivity index (χ4v) is 1.11. The number of hydrogen-bond acceptors (Lipinski definition) is 3. The van der Waals surface area contributed by atoms with Gasteiger partial charge in [-0.2, -0.15) is 0 Å². The predicted molar refractivity (Wildman–Crippen MR) is 65.6 cm³/mol. The van der Waals surface area contributed by atoms with Crippen molar-refractivity contribution in [2.75, 3.05) is 20.1 Å². The Labute approximate surface area is 102 Å². The Morgan fingerprint density at radius 2 is 2.00 bits per heavy atom. The van der Waals surface area contributed by atoms with E-state index in [1.54, 1.807) is 7.05 Å². The predicted octanol–water partition coefficient (Wildman–Crippen LogP) is 1.64. The standard InChI is InChI=1S/C11H16N2O2.ClH/c1-13(8-7-12)11(14)15-9-10-5-3-2-4-6-10;/h2-6H,7-9,12H2,1H3;1H. The van der Waals surface area contributed by atoms with Gasteiger partial charge in [-0.15, -0.1) is 12.4 Å². The molecule has 5 heteroatoms. The maximum atomic E-state index is 11.4. The Balaban J connectivity index is 0.00000225. The molecule has 0 fully saturated rings. The molecule has 1 rings (SSSR count). The van der Waals surface area contributed by atoms with E-state index in [9.17, 15) is 4.79 Å². The molecule has 0 spiro atoms. The fraction of sp³-hybridized carbons (Fsp3) is 0.364. The first-order valence-electron chi connectivity index (χ1n) is 4.86. The first kappa shape index (κ1) is 14.7. The Hall–Kier alpha value is -1.26. The number of hydrogen-bond donors (Lipinski definition) is 1. The molecule has 2 N–H and O–H groups in total. The van der Waals surface area contributed by atoms with E-state index in [-0.39, 0.29) is 18.5 Å². The number of benzene rings is 1. The van der Waals surface area contributed by atoms with Crippen LogP contribution in [-0.4, -0.2) is 31.1 Å². The van der Waals surface area contributed by atoms with E-state index < -0.39 is 0 Å². The summed E-state index contributed by atoms with van der Waals surface area (Å²) in [5, 5.41) is 0. The number of ether oxygens (including phenoxy) is 1. The summed E-state index contributed by atoms with van der Waals surface area (Å²) in [6.07, 6.45) is -0.343. The van der Waals surface area contributed by atoms with Crippen molar-refractivity contribution in [1.29, 1.82) is 0 Å². The van der Waals surface area contributed by atoms with E-state index in [2.05, 4.69) is 0 Å². The van der Waals surface area contributed by atoms with Gasteiger partial charge in [0.05, 0.1) is 0 Å². The highest BCUT2D eigenvalue weighted by Crippen LogP contribution is 2.01. The fourth-order valence-electron chi connectivity index (χ4n) is 1.11. The second-order valence-electron chi connectivity index (χ2n) is 3.25. The molecular weight excluding hydrogens is 228 g/mol. The normalized spacial score (nSPS) is 9.12. The van der Waals surface area contributed by atoms with E-state index >= 15 is 0 Å². The Kier molecular flexibility index (Phi) is 7.33. The monoisotopic (exact) mass is 244 g/mol. The van der Waals surface area contributed by atoms with E-state index in [4.69, 9.17) is 10.5 Å². The van der Waals surface area contributed by atoms with Crippen LogP contribution in [0.2, 0.25) is 0 Å². The van der Waals surface area contributed by atoms with Gasteiger partial charge in [0.15, 0.2) is 0 Å². The zero-order chi connectivity index (χ0) is 11.1. The molecule has 0 heterocycles. The molecule has 0 aliphatic rings. The smallest absolute Gasteiger partial charge is 0.409 e. The highest BCUT2D eigenvalue weighted by Gasteiger charge is 2.08. The number of likely N-dealkylation sites (N-methyl/N-ethyl adjacent to an activating group) is 1. The molecule has 1 aromatic carbocycles. The van der Waals surface area contributed by atoms with Crippen LogP contribution >= 0.6 is 12.4 Å². The quantitative estimate of drug-likeness (QED) is 0.876. The van der Waals surface area contributed by atoms with E-state index in [0.717, 1.165) is 5.56 Å². The van der Waals surface area contributed by atoms with Crippen LogP contribution in [0.25, 0.3) is 0 Å². The van der Waals surface area contributed by atoms with Gasteiger partial charge in [-0.3, -0.25) is 0 Å². The van der Waals surface area contributed by atoms with Crippen LogP contribution in [0.1, 0.15) is 5.56 Å². The second-order valence-corrected chi connectivity index (χ2v) is 3.25. The van der Waals surface area contributed by atoms with E-state index in [0.29, 0.717) is 19.7 Å². The van der Waals surface area contributed by atoms with Crippen molar-refractivity contribution in [1.82, 2.24) is 4.90 Å². The minimum Gasteiger partial charge on any atom is -0.445 e. The number of nitrogens with zero attached hydrogens (tertiary/aromatic N) is 1. The molecule has 0 aliphatic carbocycles. The van der Waals surface area contributed by atoms with Crippen LogP contribution in [0.5, 0.6) is 0 Å². The molecule has 90 valence electrons. The number of rotatable bonds is 4. The molecule has 0 aromatic heterocycles. The van der Waals surface area contributed by atoms with E-state index in [1.807, 2.05) is 30.3 Å². The van der Waals surface area contributed by atoms with Crippen molar-refractivity contribution in [3.05, 3.63) is 35.9 Å². The lowest BCUT2D eigenvalue weighted by Gasteiger charge is -2.15. The molecule has 0 unspecified atom stereocenters. The highest BCUT2D eigenvalue weighted by molar-refractivity contribution is 5.85. The van der Waals surface area contributed by atoms with E-state index in [1.165, 1.54) is 4.90 Å².